The van der Waals surface area contributed by atoms with Crippen LogP contribution in [0.1, 0.15) is 22.3 Å². The van der Waals surface area contributed by atoms with Gasteiger partial charge in [-0.25, -0.2) is 10.9 Å². The lowest BCUT2D eigenvalue weighted by Gasteiger charge is -2.36. The van der Waals surface area contributed by atoms with E-state index >= 15 is 0 Å². The fourth-order valence-corrected chi connectivity index (χ4v) is 2.36. The second kappa shape index (κ2) is 4.86. The number of methoxy groups -OCH3 is 1. The lowest BCUT2D eigenvalue weighted by Crippen LogP contribution is -2.60. The van der Waals surface area contributed by atoms with Gasteiger partial charge in [0.05, 0.1) is 7.11 Å². The Bertz CT molecular complexity index is 613. The van der Waals surface area contributed by atoms with Crippen LogP contribution >= 0.6 is 0 Å². The third kappa shape index (κ3) is 1.64. The standard InChI is InChI=1S/C13H12N2O5/c1-20-12(19)13(6-7-16)9-5-3-2-4-8(9)10(17)15(14)11(13)18/h2-5,7H,6,14H2,1H3. The molecular weight excluding hydrogens is 264 g/mol. The molecule has 1 aromatic rings. The molecule has 0 bridgehead atoms. The second-order valence-electron chi connectivity index (χ2n) is 4.29. The maximum Gasteiger partial charge on any atom is 0.326 e. The molecule has 1 unspecified atom stereocenters. The Labute approximate surface area is 114 Å². The Hall–Kier alpha value is -2.54. The van der Waals surface area contributed by atoms with Crippen LogP contribution in [0.4, 0.5) is 0 Å². The molecule has 0 aromatic heterocycles. The number of hydrogen-bond donors (Lipinski definition) is 1. The summed E-state index contributed by atoms with van der Waals surface area (Å²) in [5.41, 5.74) is -1.67. The second-order valence-corrected chi connectivity index (χ2v) is 4.29. The number of fused-ring (bicyclic) bond motifs is 1. The summed E-state index contributed by atoms with van der Waals surface area (Å²) >= 11 is 0. The fourth-order valence-electron chi connectivity index (χ4n) is 2.36. The number of carbonyl (C=O) groups is 4. The first-order chi connectivity index (χ1) is 9.50. The van der Waals surface area contributed by atoms with Crippen LogP contribution in [0.15, 0.2) is 24.3 Å². The number of nitrogens with two attached hydrogens (primary N) is 1. The third-order valence-electron chi connectivity index (χ3n) is 3.34. The van der Waals surface area contributed by atoms with Crippen molar-refractivity contribution >= 4 is 24.1 Å². The summed E-state index contributed by atoms with van der Waals surface area (Å²) in [7, 11) is 1.10. The molecule has 0 spiro atoms. The number of amides is 2. The summed E-state index contributed by atoms with van der Waals surface area (Å²) in [5, 5.41) is 0.350. The Morgan fingerprint density at radius 3 is 2.65 bits per heavy atom. The summed E-state index contributed by atoms with van der Waals surface area (Å²) in [5.74, 6) is 2.82. The van der Waals surface area contributed by atoms with Crippen LogP contribution in [0.2, 0.25) is 0 Å². The van der Waals surface area contributed by atoms with Crippen molar-refractivity contribution in [2.45, 2.75) is 11.8 Å². The molecule has 7 nitrogen and oxygen atoms in total. The number of benzene rings is 1. The molecule has 2 N–H and O–H groups in total. The van der Waals surface area contributed by atoms with Gasteiger partial charge < -0.3 is 9.53 Å². The smallest absolute Gasteiger partial charge is 0.326 e. The molecule has 7 heteroatoms. The lowest BCUT2D eigenvalue weighted by atomic mass is 9.72. The molecule has 2 rings (SSSR count). The van der Waals surface area contributed by atoms with Gasteiger partial charge in [0.2, 0.25) is 0 Å². The van der Waals surface area contributed by atoms with Gasteiger partial charge in [-0.05, 0) is 11.6 Å². The molecule has 0 radical (unpaired) electrons. The monoisotopic (exact) mass is 276 g/mol. The highest BCUT2D eigenvalue weighted by Gasteiger charge is 2.56. The molecule has 1 heterocycles. The maximum absolute atomic E-state index is 12.3. The van der Waals surface area contributed by atoms with Crippen LogP contribution in [-0.4, -0.2) is 36.2 Å². The quantitative estimate of drug-likeness (QED) is 0.200. The van der Waals surface area contributed by atoms with Gasteiger partial charge >= 0.3 is 5.97 Å². The Morgan fingerprint density at radius 1 is 1.40 bits per heavy atom. The van der Waals surface area contributed by atoms with E-state index < -0.39 is 29.6 Å². The summed E-state index contributed by atoms with van der Waals surface area (Å²) < 4.78 is 4.64. The van der Waals surface area contributed by atoms with Gasteiger partial charge in [0.25, 0.3) is 11.8 Å². The van der Waals surface area contributed by atoms with Crippen molar-refractivity contribution in [1.82, 2.24) is 5.01 Å². The average molecular weight is 276 g/mol. The Balaban J connectivity index is 2.80. The normalized spacial score (nSPS) is 21.4. The summed E-state index contributed by atoms with van der Waals surface area (Å²) in [6, 6.07) is 6.02. The topological polar surface area (TPSA) is 107 Å². The first-order valence-electron chi connectivity index (χ1n) is 5.76. The molecular formula is C13H12N2O5. The maximum atomic E-state index is 12.3. The minimum Gasteiger partial charge on any atom is -0.468 e. The summed E-state index contributed by atoms with van der Waals surface area (Å²) in [4.78, 5) is 47.3. The molecule has 0 fully saturated rings. The van der Waals surface area contributed by atoms with Crippen LogP contribution in [-0.2, 0) is 24.5 Å². The molecule has 20 heavy (non-hydrogen) atoms. The molecule has 2 amide bonds. The van der Waals surface area contributed by atoms with Crippen LogP contribution in [0.5, 0.6) is 0 Å². The lowest BCUT2D eigenvalue weighted by molar-refractivity contribution is -0.157. The highest BCUT2D eigenvalue weighted by atomic mass is 16.5. The van der Waals surface area contributed by atoms with Crippen molar-refractivity contribution in [3.05, 3.63) is 35.4 Å². The van der Waals surface area contributed by atoms with Crippen molar-refractivity contribution in [2.75, 3.05) is 7.11 Å². The van der Waals surface area contributed by atoms with Crippen LogP contribution < -0.4 is 5.84 Å². The number of carbonyl (C=O) groups excluding carboxylic acids is 4. The molecule has 0 saturated heterocycles. The number of hydrazine groups is 1. The van der Waals surface area contributed by atoms with E-state index in [9.17, 15) is 19.2 Å². The van der Waals surface area contributed by atoms with Gasteiger partial charge in [-0.2, -0.15) is 0 Å². The van der Waals surface area contributed by atoms with Crippen LogP contribution in [0.25, 0.3) is 0 Å². The van der Waals surface area contributed by atoms with E-state index in [0.29, 0.717) is 11.3 Å². The van der Waals surface area contributed by atoms with Gasteiger partial charge in [0.1, 0.15) is 6.29 Å². The van der Waals surface area contributed by atoms with Crippen LogP contribution in [0, 0.1) is 0 Å². The van der Waals surface area contributed by atoms with Crippen molar-refractivity contribution in [3.8, 4) is 0 Å². The van der Waals surface area contributed by atoms with E-state index in [0.717, 1.165) is 7.11 Å². The fraction of sp³-hybridized carbons (Fsp3) is 0.231. The minimum absolute atomic E-state index is 0.0989. The average Bonchev–Trinajstić information content (AvgIpc) is 2.48. The Morgan fingerprint density at radius 2 is 2.05 bits per heavy atom. The highest BCUT2D eigenvalue weighted by Crippen LogP contribution is 2.37. The van der Waals surface area contributed by atoms with Crippen LogP contribution in [0.3, 0.4) is 0 Å². The van der Waals surface area contributed by atoms with Crippen molar-refractivity contribution in [3.63, 3.8) is 0 Å². The largest absolute Gasteiger partial charge is 0.468 e. The van der Waals surface area contributed by atoms with Gasteiger partial charge in [-0.3, -0.25) is 14.4 Å². The van der Waals surface area contributed by atoms with E-state index in [-0.39, 0.29) is 11.1 Å². The van der Waals surface area contributed by atoms with E-state index in [2.05, 4.69) is 4.74 Å². The number of imide groups is 1. The summed E-state index contributed by atoms with van der Waals surface area (Å²) in [6.45, 7) is 0. The molecule has 0 aliphatic carbocycles. The number of hydrogen-bond acceptors (Lipinski definition) is 6. The zero-order chi connectivity index (χ0) is 14.9. The van der Waals surface area contributed by atoms with Crippen molar-refractivity contribution < 1.29 is 23.9 Å². The van der Waals surface area contributed by atoms with E-state index in [1.807, 2.05) is 0 Å². The zero-order valence-corrected chi connectivity index (χ0v) is 10.7. The minimum atomic E-state index is -1.91. The van der Waals surface area contributed by atoms with Gasteiger partial charge in [0, 0.05) is 12.0 Å². The first-order valence-corrected chi connectivity index (χ1v) is 5.76. The van der Waals surface area contributed by atoms with Gasteiger partial charge in [0.15, 0.2) is 5.41 Å². The molecule has 104 valence electrons. The predicted molar refractivity (Wildman–Crippen MR) is 66.2 cm³/mol. The van der Waals surface area contributed by atoms with Gasteiger partial charge in [-0.1, -0.05) is 18.2 Å². The summed E-state index contributed by atoms with van der Waals surface area (Å²) in [6.07, 6.45) is -0.0221. The Kier molecular flexibility index (Phi) is 3.37. The van der Waals surface area contributed by atoms with E-state index in [1.54, 1.807) is 12.1 Å². The molecule has 1 aromatic carbocycles. The molecule has 0 saturated carbocycles. The first kappa shape index (κ1) is 13.9. The number of nitrogens with zero attached hydrogens (tertiary/aromatic N) is 1. The van der Waals surface area contributed by atoms with Crippen molar-refractivity contribution in [2.24, 2.45) is 5.84 Å². The van der Waals surface area contributed by atoms with Crippen molar-refractivity contribution in [1.29, 1.82) is 0 Å². The number of rotatable bonds is 3. The zero-order valence-electron chi connectivity index (χ0n) is 10.7. The number of esters is 1. The number of ether oxygens (including phenoxy) is 1. The molecule has 1 atom stereocenters. The van der Waals surface area contributed by atoms with Gasteiger partial charge in [-0.15, -0.1) is 0 Å². The van der Waals surface area contributed by atoms with E-state index in [1.165, 1.54) is 12.1 Å². The highest BCUT2D eigenvalue weighted by molar-refractivity contribution is 6.21. The molecule has 1 aliphatic heterocycles. The SMILES string of the molecule is COC(=O)C1(CC=O)C(=O)N(N)C(=O)c2ccccc21. The molecule has 1 aliphatic rings. The van der Waals surface area contributed by atoms with E-state index in [4.69, 9.17) is 5.84 Å². The number of aldehydes is 1. The third-order valence-corrected chi connectivity index (χ3v) is 3.34. The predicted octanol–water partition coefficient (Wildman–Crippen LogP) is -0.457.